The number of aliphatic carboxylic acids is 1. The number of thioether (sulfide) groups is 1. The molecule has 2 N–H and O–H groups in total. The van der Waals surface area contributed by atoms with Gasteiger partial charge in [0.2, 0.25) is 0 Å². The molecule has 20 heavy (non-hydrogen) atoms. The minimum Gasteiger partial charge on any atom is -0.493 e. The van der Waals surface area contributed by atoms with Crippen LogP contribution in [0, 0.1) is 0 Å². The highest BCUT2D eigenvalue weighted by molar-refractivity contribution is 7.99. The minimum atomic E-state index is -1.61. The molecule has 0 spiro atoms. The number of methoxy groups -OCH3 is 1. The number of aliphatic hydroxyl groups excluding tert-OH is 1. The number of hydrogen-bond acceptors (Lipinski definition) is 5. The van der Waals surface area contributed by atoms with E-state index in [2.05, 4.69) is 0 Å². The van der Waals surface area contributed by atoms with Gasteiger partial charge in [-0.3, -0.25) is 0 Å². The van der Waals surface area contributed by atoms with Gasteiger partial charge >= 0.3 is 5.97 Å². The number of hydrogen-bond donors (Lipinski definition) is 2. The molecule has 1 saturated heterocycles. The van der Waals surface area contributed by atoms with E-state index in [0.717, 1.165) is 24.3 Å². The molecule has 1 aromatic rings. The zero-order valence-electron chi connectivity index (χ0n) is 11.2. The topological polar surface area (TPSA) is 76.0 Å². The van der Waals surface area contributed by atoms with E-state index in [0.29, 0.717) is 11.5 Å². The Balaban J connectivity index is 2.29. The van der Waals surface area contributed by atoms with E-state index in [-0.39, 0.29) is 11.7 Å². The molecule has 6 heteroatoms. The molecule has 0 aliphatic carbocycles. The van der Waals surface area contributed by atoms with Crippen molar-refractivity contribution in [3.63, 3.8) is 0 Å². The van der Waals surface area contributed by atoms with Crippen molar-refractivity contribution in [3.8, 4) is 11.5 Å². The molecule has 1 aliphatic heterocycles. The molecule has 1 aliphatic rings. The van der Waals surface area contributed by atoms with Crippen molar-refractivity contribution in [2.75, 3.05) is 18.6 Å². The lowest BCUT2D eigenvalue weighted by molar-refractivity contribution is -0.147. The molecule has 0 aromatic heterocycles. The standard InChI is InChI=1S/C14H18O5S/c1-18-11-6-2-5-10(12(15)14(16)17)13(11)19-9-4-3-7-20-8-9/h2,5-6,9,12,15H,3-4,7-8H2,1H3,(H,16,17). The van der Waals surface area contributed by atoms with Crippen LogP contribution in [0.5, 0.6) is 11.5 Å². The summed E-state index contributed by atoms with van der Waals surface area (Å²) in [7, 11) is 1.49. The van der Waals surface area contributed by atoms with Gasteiger partial charge in [-0.1, -0.05) is 12.1 Å². The number of carboxylic acids is 1. The smallest absolute Gasteiger partial charge is 0.337 e. The summed E-state index contributed by atoms with van der Waals surface area (Å²) in [4.78, 5) is 11.0. The molecular weight excluding hydrogens is 280 g/mol. The van der Waals surface area contributed by atoms with Crippen LogP contribution in [-0.4, -0.2) is 40.9 Å². The van der Waals surface area contributed by atoms with E-state index in [1.165, 1.54) is 7.11 Å². The quantitative estimate of drug-likeness (QED) is 0.867. The summed E-state index contributed by atoms with van der Waals surface area (Å²) in [6.45, 7) is 0. The zero-order chi connectivity index (χ0) is 14.5. The second-order valence-corrected chi connectivity index (χ2v) is 5.73. The summed E-state index contributed by atoms with van der Waals surface area (Å²) in [5, 5.41) is 18.8. The number of carboxylic acid groups (broad SMARTS) is 1. The maximum absolute atomic E-state index is 11.0. The Bertz CT molecular complexity index is 471. The van der Waals surface area contributed by atoms with Crippen LogP contribution in [-0.2, 0) is 4.79 Å². The SMILES string of the molecule is COc1cccc(C(O)C(=O)O)c1OC1CCCSC1. The monoisotopic (exact) mass is 298 g/mol. The molecule has 0 amide bonds. The normalized spacial score (nSPS) is 20.2. The highest BCUT2D eigenvalue weighted by Crippen LogP contribution is 2.37. The fourth-order valence-electron chi connectivity index (χ4n) is 2.14. The lowest BCUT2D eigenvalue weighted by Crippen LogP contribution is -2.25. The van der Waals surface area contributed by atoms with Crippen molar-refractivity contribution in [2.24, 2.45) is 0 Å². The van der Waals surface area contributed by atoms with Crippen molar-refractivity contribution in [3.05, 3.63) is 23.8 Å². The molecule has 2 rings (SSSR count). The fourth-order valence-corrected chi connectivity index (χ4v) is 3.17. The first-order valence-electron chi connectivity index (χ1n) is 6.45. The van der Waals surface area contributed by atoms with Crippen molar-refractivity contribution >= 4 is 17.7 Å². The molecule has 5 nitrogen and oxygen atoms in total. The number of ether oxygens (including phenoxy) is 2. The van der Waals surface area contributed by atoms with Gasteiger partial charge in [0.05, 0.1) is 7.11 Å². The second-order valence-electron chi connectivity index (χ2n) is 4.58. The molecule has 0 radical (unpaired) electrons. The lowest BCUT2D eigenvalue weighted by atomic mass is 10.1. The molecule has 2 unspecified atom stereocenters. The summed E-state index contributed by atoms with van der Waals surface area (Å²) in [6, 6.07) is 4.89. The third-order valence-corrected chi connectivity index (χ3v) is 4.35. The van der Waals surface area contributed by atoms with Crippen molar-refractivity contribution < 1.29 is 24.5 Å². The lowest BCUT2D eigenvalue weighted by Gasteiger charge is -2.25. The molecule has 2 atom stereocenters. The summed E-state index contributed by atoms with van der Waals surface area (Å²) >= 11 is 1.81. The van der Waals surface area contributed by atoms with Crippen LogP contribution in [0.3, 0.4) is 0 Å². The Labute approximate surface area is 121 Å². The summed E-state index contributed by atoms with van der Waals surface area (Å²) in [5.41, 5.74) is 0.229. The van der Waals surface area contributed by atoms with Gasteiger partial charge in [-0.15, -0.1) is 0 Å². The predicted molar refractivity (Wildman–Crippen MR) is 76.6 cm³/mol. The van der Waals surface area contributed by atoms with E-state index >= 15 is 0 Å². The van der Waals surface area contributed by atoms with Gasteiger partial charge in [0.15, 0.2) is 17.6 Å². The van der Waals surface area contributed by atoms with Gasteiger partial charge in [-0.05, 0) is 24.7 Å². The Hall–Kier alpha value is -1.40. The number of carbonyl (C=O) groups is 1. The van der Waals surface area contributed by atoms with E-state index in [9.17, 15) is 9.90 Å². The molecule has 0 saturated carbocycles. The van der Waals surface area contributed by atoms with Crippen LogP contribution in [0.1, 0.15) is 24.5 Å². The highest BCUT2D eigenvalue weighted by atomic mass is 32.2. The Morgan fingerprint density at radius 3 is 2.90 bits per heavy atom. The third kappa shape index (κ3) is 3.37. The van der Waals surface area contributed by atoms with Crippen molar-refractivity contribution in [2.45, 2.75) is 25.0 Å². The molecule has 110 valence electrons. The maximum Gasteiger partial charge on any atom is 0.337 e. The van der Waals surface area contributed by atoms with E-state index in [1.54, 1.807) is 18.2 Å². The van der Waals surface area contributed by atoms with Crippen LogP contribution >= 0.6 is 11.8 Å². The van der Waals surface area contributed by atoms with Gasteiger partial charge < -0.3 is 19.7 Å². The predicted octanol–water partition coefficient (Wildman–Crippen LogP) is 2.09. The van der Waals surface area contributed by atoms with Crippen LogP contribution < -0.4 is 9.47 Å². The summed E-state index contributed by atoms with van der Waals surface area (Å²) in [5.74, 6) is 1.45. The van der Waals surface area contributed by atoms with E-state index < -0.39 is 12.1 Å². The minimum absolute atomic E-state index is 0.0183. The molecule has 0 bridgehead atoms. The Morgan fingerprint density at radius 2 is 2.30 bits per heavy atom. The largest absolute Gasteiger partial charge is 0.493 e. The van der Waals surface area contributed by atoms with Crippen LogP contribution in [0.25, 0.3) is 0 Å². The molecule has 1 aromatic carbocycles. The number of benzene rings is 1. The Kier molecular flexibility index (Phi) is 5.14. The van der Waals surface area contributed by atoms with E-state index in [4.69, 9.17) is 14.6 Å². The van der Waals surface area contributed by atoms with Crippen LogP contribution in [0.15, 0.2) is 18.2 Å². The fraction of sp³-hybridized carbons (Fsp3) is 0.500. The van der Waals surface area contributed by atoms with Gasteiger partial charge in [-0.2, -0.15) is 11.8 Å². The van der Waals surface area contributed by atoms with Crippen molar-refractivity contribution in [1.29, 1.82) is 0 Å². The van der Waals surface area contributed by atoms with Crippen molar-refractivity contribution in [1.82, 2.24) is 0 Å². The second kappa shape index (κ2) is 6.85. The average Bonchev–Trinajstić information content (AvgIpc) is 2.47. The molecular formula is C14H18O5S. The molecule has 1 heterocycles. The first kappa shape index (κ1) is 15.0. The molecule has 1 fully saturated rings. The van der Waals surface area contributed by atoms with Gasteiger partial charge in [-0.25, -0.2) is 4.79 Å². The number of rotatable bonds is 5. The maximum atomic E-state index is 11.0. The first-order chi connectivity index (χ1) is 9.63. The van der Waals surface area contributed by atoms with Gasteiger partial charge in [0, 0.05) is 11.3 Å². The van der Waals surface area contributed by atoms with Gasteiger partial charge in [0.1, 0.15) is 6.10 Å². The number of aliphatic hydroxyl groups is 1. The first-order valence-corrected chi connectivity index (χ1v) is 7.61. The highest BCUT2D eigenvalue weighted by Gasteiger charge is 2.25. The van der Waals surface area contributed by atoms with Crippen LogP contribution in [0.2, 0.25) is 0 Å². The zero-order valence-corrected chi connectivity index (χ0v) is 12.1. The van der Waals surface area contributed by atoms with Crippen LogP contribution in [0.4, 0.5) is 0 Å². The summed E-state index contributed by atoms with van der Waals surface area (Å²) in [6.07, 6.45) is 0.399. The summed E-state index contributed by atoms with van der Waals surface area (Å²) < 4.78 is 11.1. The third-order valence-electron chi connectivity index (χ3n) is 3.16. The number of para-hydroxylation sites is 1. The average molecular weight is 298 g/mol. The Morgan fingerprint density at radius 1 is 1.50 bits per heavy atom. The van der Waals surface area contributed by atoms with Gasteiger partial charge in [0.25, 0.3) is 0 Å². The van der Waals surface area contributed by atoms with E-state index in [1.807, 2.05) is 11.8 Å².